The average molecular weight is 567 g/mol. The molecule has 34 heavy (non-hydrogen) atoms. The van der Waals surface area contributed by atoms with Crippen molar-refractivity contribution in [2.45, 2.75) is 0 Å². The van der Waals surface area contributed by atoms with Crippen LogP contribution < -0.4 is 0 Å². The van der Waals surface area contributed by atoms with Crippen LogP contribution >= 0.6 is 31.9 Å². The van der Waals surface area contributed by atoms with Gasteiger partial charge in [0, 0.05) is 0 Å². The molecule has 162 valence electrons. The van der Waals surface area contributed by atoms with Crippen molar-refractivity contribution >= 4 is 53.4 Å². The van der Waals surface area contributed by atoms with Crippen LogP contribution in [0.1, 0.15) is 0 Å². The third-order valence-corrected chi connectivity index (χ3v) is 6.72. The molecule has 0 spiro atoms. The van der Waals surface area contributed by atoms with Gasteiger partial charge in [-0.1, -0.05) is 60.7 Å². The Morgan fingerprint density at radius 3 is 1.44 bits per heavy atom. The molecule has 3 heterocycles. The predicted octanol–water partition coefficient (Wildman–Crippen LogP) is 8.70. The third kappa shape index (κ3) is 3.91. The van der Waals surface area contributed by atoms with Crippen LogP contribution in [0.25, 0.3) is 55.4 Å². The number of pyridine rings is 3. The van der Waals surface area contributed by atoms with E-state index in [-0.39, 0.29) is 0 Å². The lowest BCUT2D eigenvalue weighted by Gasteiger charge is -2.14. The summed E-state index contributed by atoms with van der Waals surface area (Å²) < 4.78 is 1.55. The molecule has 3 nitrogen and oxygen atoms in total. The number of hydrogen-bond acceptors (Lipinski definition) is 3. The first-order valence-corrected chi connectivity index (χ1v) is 12.4. The molecule has 0 atom stereocenters. The van der Waals surface area contributed by atoms with E-state index in [1.165, 1.54) is 27.1 Å². The van der Waals surface area contributed by atoms with E-state index in [4.69, 9.17) is 4.98 Å². The summed E-state index contributed by atoms with van der Waals surface area (Å²) in [5, 5.41) is 4.82. The van der Waals surface area contributed by atoms with Gasteiger partial charge in [-0.3, -0.25) is 0 Å². The molecule has 6 aromatic rings. The third-order valence-electron chi connectivity index (χ3n) is 5.84. The van der Waals surface area contributed by atoms with Crippen molar-refractivity contribution in [1.82, 2.24) is 15.0 Å². The number of halogens is 2. The lowest BCUT2D eigenvalue weighted by molar-refractivity contribution is 1.20. The SMILES string of the molecule is Brc1cccc(-c2cc(-c3c4ccccc4cc4ccccc34)cc(-c3cccc(Br)n3)n2)n1. The largest absolute Gasteiger partial charge is 0.244 e. The summed E-state index contributed by atoms with van der Waals surface area (Å²) in [6.45, 7) is 0. The Morgan fingerprint density at radius 1 is 0.441 bits per heavy atom. The summed E-state index contributed by atoms with van der Waals surface area (Å²) in [7, 11) is 0. The van der Waals surface area contributed by atoms with Gasteiger partial charge in [-0.25, -0.2) is 15.0 Å². The minimum atomic E-state index is 0.773. The van der Waals surface area contributed by atoms with Crippen LogP contribution in [0.15, 0.2) is 112 Å². The van der Waals surface area contributed by atoms with Gasteiger partial charge in [0.2, 0.25) is 0 Å². The highest BCUT2D eigenvalue weighted by Crippen LogP contribution is 2.39. The average Bonchev–Trinajstić information content (AvgIpc) is 2.87. The molecule has 0 amide bonds. The van der Waals surface area contributed by atoms with Crippen LogP contribution in [-0.2, 0) is 0 Å². The van der Waals surface area contributed by atoms with Crippen LogP contribution in [0.3, 0.4) is 0 Å². The Labute approximate surface area is 213 Å². The molecule has 0 saturated heterocycles. The molecule has 0 aliphatic heterocycles. The van der Waals surface area contributed by atoms with Crippen molar-refractivity contribution < 1.29 is 0 Å². The van der Waals surface area contributed by atoms with Crippen molar-refractivity contribution in [2.75, 3.05) is 0 Å². The normalized spacial score (nSPS) is 11.2. The van der Waals surface area contributed by atoms with Gasteiger partial charge >= 0.3 is 0 Å². The Morgan fingerprint density at radius 2 is 0.941 bits per heavy atom. The smallest absolute Gasteiger partial charge is 0.106 e. The van der Waals surface area contributed by atoms with Crippen LogP contribution in [0.5, 0.6) is 0 Å². The van der Waals surface area contributed by atoms with Gasteiger partial charge in [0.25, 0.3) is 0 Å². The van der Waals surface area contributed by atoms with Gasteiger partial charge in [0.15, 0.2) is 0 Å². The minimum Gasteiger partial charge on any atom is -0.244 e. The number of aromatic nitrogens is 3. The maximum absolute atomic E-state index is 4.98. The van der Waals surface area contributed by atoms with E-state index in [0.717, 1.165) is 37.5 Å². The summed E-state index contributed by atoms with van der Waals surface area (Å²) in [5.41, 5.74) is 5.47. The Balaban J connectivity index is 1.71. The van der Waals surface area contributed by atoms with Crippen molar-refractivity contribution in [1.29, 1.82) is 0 Å². The summed E-state index contributed by atoms with van der Waals surface area (Å²) >= 11 is 7.01. The van der Waals surface area contributed by atoms with Gasteiger partial charge in [-0.2, -0.15) is 0 Å². The number of rotatable bonds is 3. The summed E-state index contributed by atoms with van der Waals surface area (Å²) in [4.78, 5) is 14.3. The molecule has 6 rings (SSSR count). The molecular weight excluding hydrogens is 550 g/mol. The summed E-state index contributed by atoms with van der Waals surface area (Å²) in [5.74, 6) is 0. The zero-order valence-corrected chi connectivity index (χ0v) is 21.1. The molecule has 0 saturated carbocycles. The Hall–Kier alpha value is -3.41. The lowest BCUT2D eigenvalue weighted by atomic mass is 9.91. The van der Waals surface area contributed by atoms with Gasteiger partial charge in [0.05, 0.1) is 22.8 Å². The fourth-order valence-corrected chi connectivity index (χ4v) is 5.05. The van der Waals surface area contributed by atoms with E-state index < -0.39 is 0 Å². The first-order chi connectivity index (χ1) is 16.7. The van der Waals surface area contributed by atoms with Gasteiger partial charge < -0.3 is 0 Å². The van der Waals surface area contributed by atoms with E-state index in [1.54, 1.807) is 0 Å². The second-order valence-corrected chi connectivity index (χ2v) is 9.64. The quantitative estimate of drug-likeness (QED) is 0.159. The maximum Gasteiger partial charge on any atom is 0.106 e. The van der Waals surface area contributed by atoms with E-state index in [2.05, 4.69) is 109 Å². The van der Waals surface area contributed by atoms with E-state index >= 15 is 0 Å². The zero-order valence-electron chi connectivity index (χ0n) is 17.9. The minimum absolute atomic E-state index is 0.773. The molecule has 0 radical (unpaired) electrons. The van der Waals surface area contributed by atoms with Crippen molar-refractivity contribution in [2.24, 2.45) is 0 Å². The highest BCUT2D eigenvalue weighted by molar-refractivity contribution is 9.10. The molecule has 0 fully saturated rings. The van der Waals surface area contributed by atoms with Crippen LogP contribution in [0.2, 0.25) is 0 Å². The fraction of sp³-hybridized carbons (Fsp3) is 0. The van der Waals surface area contributed by atoms with Crippen molar-refractivity contribution in [3.05, 3.63) is 112 Å². The Bertz CT molecular complexity index is 1580. The molecule has 3 aromatic carbocycles. The first-order valence-electron chi connectivity index (χ1n) is 10.8. The summed E-state index contributed by atoms with van der Waals surface area (Å²) in [6.07, 6.45) is 0. The van der Waals surface area contributed by atoms with Crippen LogP contribution in [-0.4, -0.2) is 15.0 Å². The fourth-order valence-electron chi connectivity index (χ4n) is 4.36. The standard InChI is InChI=1S/C29H17Br2N3/c30-27-13-5-11-23(33-27)25-16-20(17-26(32-25)24-12-6-14-28(31)34-24)29-21-9-3-1-7-18(21)15-19-8-2-4-10-22(19)29/h1-17H. The topological polar surface area (TPSA) is 38.7 Å². The Kier molecular flexibility index (Phi) is 5.44. The number of nitrogens with zero attached hydrogens (tertiary/aromatic N) is 3. The maximum atomic E-state index is 4.98. The van der Waals surface area contributed by atoms with Crippen molar-refractivity contribution in [3.8, 4) is 33.9 Å². The molecule has 5 heteroatoms. The molecule has 0 aliphatic carbocycles. The van der Waals surface area contributed by atoms with Gasteiger partial charge in [-0.15, -0.1) is 0 Å². The lowest BCUT2D eigenvalue weighted by Crippen LogP contribution is -1.95. The van der Waals surface area contributed by atoms with E-state index in [9.17, 15) is 0 Å². The second-order valence-electron chi connectivity index (χ2n) is 8.01. The molecule has 0 unspecified atom stereocenters. The highest BCUT2D eigenvalue weighted by Gasteiger charge is 2.15. The van der Waals surface area contributed by atoms with E-state index in [1.807, 2.05) is 36.4 Å². The summed E-state index contributed by atoms with van der Waals surface area (Å²) in [6, 6.07) is 35.3. The number of fused-ring (bicyclic) bond motifs is 2. The van der Waals surface area contributed by atoms with E-state index in [0.29, 0.717) is 0 Å². The van der Waals surface area contributed by atoms with Gasteiger partial charge in [0.1, 0.15) is 9.21 Å². The van der Waals surface area contributed by atoms with Crippen LogP contribution in [0.4, 0.5) is 0 Å². The molecule has 3 aromatic heterocycles. The van der Waals surface area contributed by atoms with Crippen LogP contribution in [0, 0.1) is 0 Å². The number of benzene rings is 3. The zero-order chi connectivity index (χ0) is 23.1. The molecule has 0 N–H and O–H groups in total. The molecule has 0 aliphatic rings. The first kappa shape index (κ1) is 21.1. The molecular formula is C29H17Br2N3. The van der Waals surface area contributed by atoms with Gasteiger partial charge in [-0.05, 0) is 107 Å². The molecule has 0 bridgehead atoms. The highest BCUT2D eigenvalue weighted by atomic mass is 79.9. The predicted molar refractivity (Wildman–Crippen MR) is 147 cm³/mol. The monoisotopic (exact) mass is 565 g/mol. The number of hydrogen-bond donors (Lipinski definition) is 0. The second kappa shape index (κ2) is 8.75. The van der Waals surface area contributed by atoms with Crippen molar-refractivity contribution in [3.63, 3.8) is 0 Å².